The highest BCUT2D eigenvalue weighted by atomic mass is 16.2. The summed E-state index contributed by atoms with van der Waals surface area (Å²) in [4.78, 5) is 13.7. The molecule has 1 atom stereocenters. The van der Waals surface area contributed by atoms with Crippen molar-refractivity contribution in [1.82, 2.24) is 10.2 Å². The standard InChI is InChI=1S/C11H25N3O/c1-6-14(5)8-7-13-10(15)9(12)11(2,3)4/h9H,6-8,12H2,1-5H3,(H,13,15)/t9-/m0/s1. The number of carbonyl (C=O) groups excluding carboxylic acids is 1. The number of hydrogen-bond acceptors (Lipinski definition) is 3. The Kier molecular flexibility index (Phi) is 5.83. The molecule has 0 aliphatic heterocycles. The fourth-order valence-corrected chi connectivity index (χ4v) is 1.03. The minimum atomic E-state index is -0.440. The van der Waals surface area contributed by atoms with Gasteiger partial charge in [-0.2, -0.15) is 0 Å². The van der Waals surface area contributed by atoms with E-state index in [9.17, 15) is 4.79 Å². The lowest BCUT2D eigenvalue weighted by Gasteiger charge is -2.26. The number of nitrogens with one attached hydrogen (secondary N) is 1. The predicted molar refractivity (Wildman–Crippen MR) is 63.6 cm³/mol. The minimum absolute atomic E-state index is 0.0630. The lowest BCUT2D eigenvalue weighted by molar-refractivity contribution is -0.124. The van der Waals surface area contributed by atoms with Gasteiger partial charge >= 0.3 is 0 Å². The van der Waals surface area contributed by atoms with Crippen LogP contribution in [0.15, 0.2) is 0 Å². The molecule has 0 aromatic heterocycles. The smallest absolute Gasteiger partial charge is 0.237 e. The Bertz CT molecular complexity index is 198. The van der Waals surface area contributed by atoms with Crippen LogP contribution in [0.2, 0.25) is 0 Å². The van der Waals surface area contributed by atoms with Crippen molar-refractivity contribution < 1.29 is 4.79 Å². The second-order valence-electron chi connectivity index (χ2n) is 5.03. The van der Waals surface area contributed by atoms with Gasteiger partial charge < -0.3 is 16.0 Å². The van der Waals surface area contributed by atoms with Gasteiger partial charge in [-0.25, -0.2) is 0 Å². The van der Waals surface area contributed by atoms with E-state index in [2.05, 4.69) is 17.1 Å². The number of nitrogens with two attached hydrogens (primary N) is 1. The van der Waals surface area contributed by atoms with E-state index in [1.165, 1.54) is 0 Å². The monoisotopic (exact) mass is 215 g/mol. The molecule has 0 heterocycles. The van der Waals surface area contributed by atoms with Crippen molar-refractivity contribution in [2.45, 2.75) is 33.7 Å². The third-order valence-electron chi connectivity index (χ3n) is 2.55. The molecular formula is C11H25N3O. The van der Waals surface area contributed by atoms with Crippen LogP contribution in [0.25, 0.3) is 0 Å². The molecule has 4 heteroatoms. The molecule has 0 radical (unpaired) electrons. The van der Waals surface area contributed by atoms with E-state index in [0.717, 1.165) is 13.1 Å². The first-order chi connectivity index (χ1) is 6.79. The molecule has 0 unspecified atom stereocenters. The number of amides is 1. The zero-order chi connectivity index (χ0) is 12.1. The van der Waals surface area contributed by atoms with Gasteiger partial charge in [0.2, 0.25) is 5.91 Å². The summed E-state index contributed by atoms with van der Waals surface area (Å²) >= 11 is 0. The molecule has 0 rings (SSSR count). The van der Waals surface area contributed by atoms with Crippen molar-refractivity contribution >= 4 is 5.91 Å². The lowest BCUT2D eigenvalue weighted by atomic mass is 9.87. The summed E-state index contributed by atoms with van der Waals surface area (Å²) in [5, 5.41) is 2.85. The molecule has 15 heavy (non-hydrogen) atoms. The van der Waals surface area contributed by atoms with Gasteiger partial charge in [0, 0.05) is 13.1 Å². The maximum Gasteiger partial charge on any atom is 0.237 e. The second-order valence-corrected chi connectivity index (χ2v) is 5.03. The van der Waals surface area contributed by atoms with Gasteiger partial charge in [-0.05, 0) is 19.0 Å². The molecule has 0 aliphatic carbocycles. The summed E-state index contributed by atoms with van der Waals surface area (Å²) in [7, 11) is 2.02. The van der Waals surface area contributed by atoms with Crippen LogP contribution in [-0.4, -0.2) is 43.5 Å². The van der Waals surface area contributed by atoms with Gasteiger partial charge in [0.15, 0.2) is 0 Å². The Labute approximate surface area is 93.2 Å². The summed E-state index contributed by atoms with van der Waals surface area (Å²) in [6.45, 7) is 10.5. The Morgan fingerprint density at radius 2 is 2.00 bits per heavy atom. The van der Waals surface area contributed by atoms with Gasteiger partial charge in [0.05, 0.1) is 6.04 Å². The van der Waals surface area contributed by atoms with Crippen LogP contribution >= 0.6 is 0 Å². The SMILES string of the molecule is CCN(C)CCNC(=O)[C@H](N)C(C)(C)C. The average molecular weight is 215 g/mol. The fourth-order valence-electron chi connectivity index (χ4n) is 1.03. The van der Waals surface area contributed by atoms with Crippen LogP contribution < -0.4 is 11.1 Å². The summed E-state index contributed by atoms with van der Waals surface area (Å²) in [5.41, 5.74) is 5.64. The second kappa shape index (κ2) is 6.08. The van der Waals surface area contributed by atoms with Crippen LogP contribution in [0.1, 0.15) is 27.7 Å². The van der Waals surface area contributed by atoms with Crippen LogP contribution in [0, 0.1) is 5.41 Å². The summed E-state index contributed by atoms with van der Waals surface area (Å²) in [6, 6.07) is -0.440. The zero-order valence-corrected chi connectivity index (χ0v) is 10.6. The van der Waals surface area contributed by atoms with E-state index in [4.69, 9.17) is 5.73 Å². The topological polar surface area (TPSA) is 58.4 Å². The molecular weight excluding hydrogens is 190 g/mol. The highest BCUT2D eigenvalue weighted by Crippen LogP contribution is 2.16. The predicted octanol–water partition coefficient (Wildman–Crippen LogP) is 0.428. The molecule has 1 amide bonds. The molecule has 0 aliphatic rings. The van der Waals surface area contributed by atoms with E-state index in [1.54, 1.807) is 0 Å². The highest BCUT2D eigenvalue weighted by Gasteiger charge is 2.26. The molecule has 0 fully saturated rings. The Balaban J connectivity index is 3.85. The third kappa shape index (κ3) is 5.74. The van der Waals surface area contributed by atoms with E-state index in [0.29, 0.717) is 6.54 Å². The number of likely N-dealkylation sites (N-methyl/N-ethyl adjacent to an activating group) is 1. The van der Waals surface area contributed by atoms with Gasteiger partial charge in [0.25, 0.3) is 0 Å². The quantitative estimate of drug-likeness (QED) is 0.699. The van der Waals surface area contributed by atoms with Crippen LogP contribution in [0.4, 0.5) is 0 Å². The van der Waals surface area contributed by atoms with E-state index in [-0.39, 0.29) is 11.3 Å². The van der Waals surface area contributed by atoms with E-state index < -0.39 is 6.04 Å². The lowest BCUT2D eigenvalue weighted by Crippen LogP contribution is -2.49. The number of carbonyl (C=O) groups is 1. The minimum Gasteiger partial charge on any atom is -0.353 e. The number of rotatable bonds is 5. The molecule has 4 nitrogen and oxygen atoms in total. The first-order valence-electron chi connectivity index (χ1n) is 5.51. The zero-order valence-electron chi connectivity index (χ0n) is 10.6. The van der Waals surface area contributed by atoms with Crippen molar-refractivity contribution in [3.63, 3.8) is 0 Å². The van der Waals surface area contributed by atoms with E-state index in [1.807, 2.05) is 27.8 Å². The third-order valence-corrected chi connectivity index (χ3v) is 2.55. The van der Waals surface area contributed by atoms with Crippen LogP contribution in [0.3, 0.4) is 0 Å². The molecule has 0 bridgehead atoms. The maximum atomic E-state index is 11.6. The number of hydrogen-bond donors (Lipinski definition) is 2. The van der Waals surface area contributed by atoms with Gasteiger partial charge in [-0.3, -0.25) is 4.79 Å². The van der Waals surface area contributed by atoms with Crippen LogP contribution in [-0.2, 0) is 4.79 Å². The molecule has 0 aromatic carbocycles. The first-order valence-corrected chi connectivity index (χ1v) is 5.51. The Morgan fingerprint density at radius 1 is 1.47 bits per heavy atom. The fraction of sp³-hybridized carbons (Fsp3) is 0.909. The van der Waals surface area contributed by atoms with Crippen molar-refractivity contribution in [3.8, 4) is 0 Å². The van der Waals surface area contributed by atoms with Crippen LogP contribution in [0.5, 0.6) is 0 Å². The van der Waals surface area contributed by atoms with Gasteiger partial charge in [0.1, 0.15) is 0 Å². The summed E-state index contributed by atoms with van der Waals surface area (Å²) in [5.74, 6) is -0.0630. The van der Waals surface area contributed by atoms with Gasteiger partial charge in [-0.15, -0.1) is 0 Å². The maximum absolute atomic E-state index is 11.6. The average Bonchev–Trinajstić information content (AvgIpc) is 2.14. The molecule has 3 N–H and O–H groups in total. The molecule has 90 valence electrons. The normalized spacial score (nSPS) is 14.1. The van der Waals surface area contributed by atoms with Gasteiger partial charge in [-0.1, -0.05) is 27.7 Å². The first kappa shape index (κ1) is 14.4. The van der Waals surface area contributed by atoms with Crippen molar-refractivity contribution in [2.24, 2.45) is 11.1 Å². The summed E-state index contributed by atoms with van der Waals surface area (Å²) in [6.07, 6.45) is 0. The Morgan fingerprint density at radius 3 is 2.40 bits per heavy atom. The molecule has 0 saturated carbocycles. The largest absolute Gasteiger partial charge is 0.353 e. The molecule has 0 saturated heterocycles. The molecule has 0 aromatic rings. The molecule has 0 spiro atoms. The van der Waals surface area contributed by atoms with Crippen molar-refractivity contribution in [1.29, 1.82) is 0 Å². The van der Waals surface area contributed by atoms with E-state index >= 15 is 0 Å². The Hall–Kier alpha value is -0.610. The van der Waals surface area contributed by atoms with Crippen molar-refractivity contribution in [2.75, 3.05) is 26.7 Å². The highest BCUT2D eigenvalue weighted by molar-refractivity contribution is 5.82. The van der Waals surface area contributed by atoms with Crippen molar-refractivity contribution in [3.05, 3.63) is 0 Å². The summed E-state index contributed by atoms with van der Waals surface area (Å²) < 4.78 is 0. The number of nitrogens with zero attached hydrogens (tertiary/aromatic N) is 1.